The molecule has 4 aromatic rings. The number of carbonyl (C=O) groups is 2. The van der Waals surface area contributed by atoms with Gasteiger partial charge in [0, 0.05) is 68.2 Å². The molecule has 2 aromatic carbocycles. The van der Waals surface area contributed by atoms with E-state index in [1.165, 1.54) is 11.3 Å². The number of amides is 2. The number of nitrogens with zero attached hydrogens (tertiary/aromatic N) is 4. The van der Waals surface area contributed by atoms with E-state index in [4.69, 9.17) is 9.47 Å². The van der Waals surface area contributed by atoms with E-state index in [-0.39, 0.29) is 11.8 Å². The van der Waals surface area contributed by atoms with Crippen molar-refractivity contribution in [2.75, 3.05) is 18.9 Å². The van der Waals surface area contributed by atoms with Crippen LogP contribution in [0.5, 0.6) is 17.2 Å². The van der Waals surface area contributed by atoms with Crippen LogP contribution in [0.15, 0.2) is 66.4 Å². The molecular formula is C25H23N5O4S. The molecule has 0 radical (unpaired) electrons. The number of nitrogens with one attached hydrogen (secondary N) is 1. The fourth-order valence-corrected chi connectivity index (χ4v) is 4.32. The highest BCUT2D eigenvalue weighted by Crippen LogP contribution is 2.31. The van der Waals surface area contributed by atoms with Gasteiger partial charge < -0.3 is 18.9 Å². The lowest BCUT2D eigenvalue weighted by atomic mass is 10.1. The zero-order valence-electron chi connectivity index (χ0n) is 19.2. The third-order valence-corrected chi connectivity index (χ3v) is 6.31. The van der Waals surface area contributed by atoms with Crippen LogP contribution < -0.4 is 14.8 Å². The summed E-state index contributed by atoms with van der Waals surface area (Å²) >= 11 is 1.32. The van der Waals surface area contributed by atoms with Crippen LogP contribution in [0.4, 0.5) is 5.13 Å². The van der Waals surface area contributed by atoms with Crippen LogP contribution in [0.2, 0.25) is 0 Å². The average molecular weight is 490 g/mol. The summed E-state index contributed by atoms with van der Waals surface area (Å²) in [6.45, 7) is 0.624. The Kier molecular flexibility index (Phi) is 6.19. The molecule has 1 aliphatic rings. The summed E-state index contributed by atoms with van der Waals surface area (Å²) in [5.41, 5.74) is 1.28. The topological polar surface area (TPSA) is 98.6 Å². The summed E-state index contributed by atoms with van der Waals surface area (Å²) in [5.74, 6) is 1.79. The first kappa shape index (κ1) is 22.6. The number of likely N-dealkylation sites (N-methyl/N-ethyl adjacent to an activating group) is 1. The maximum absolute atomic E-state index is 12.9. The summed E-state index contributed by atoms with van der Waals surface area (Å²) in [4.78, 5) is 35.3. The summed E-state index contributed by atoms with van der Waals surface area (Å²) in [5, 5.41) is 5.03. The number of carbonyl (C=O) groups excluding carboxylic acids is 2. The van der Waals surface area contributed by atoms with E-state index >= 15 is 0 Å². The van der Waals surface area contributed by atoms with Crippen molar-refractivity contribution in [1.82, 2.24) is 19.4 Å². The molecule has 1 aliphatic heterocycles. The lowest BCUT2D eigenvalue weighted by Gasteiger charge is -2.15. The molecule has 1 unspecified atom stereocenters. The highest BCUT2D eigenvalue weighted by Gasteiger charge is 2.31. The van der Waals surface area contributed by atoms with E-state index in [9.17, 15) is 9.59 Å². The average Bonchev–Trinajstić information content (AvgIpc) is 3.59. The molecule has 2 amide bonds. The molecule has 0 aliphatic carbocycles. The molecule has 3 heterocycles. The Hall–Kier alpha value is -4.18. The van der Waals surface area contributed by atoms with Crippen LogP contribution in [0.1, 0.15) is 16.8 Å². The quantitative estimate of drug-likeness (QED) is 0.418. The second kappa shape index (κ2) is 9.59. The first-order valence-corrected chi connectivity index (χ1v) is 11.9. The number of aromatic nitrogens is 3. The van der Waals surface area contributed by atoms with Crippen molar-refractivity contribution in [2.45, 2.75) is 12.5 Å². The van der Waals surface area contributed by atoms with Gasteiger partial charge in [-0.15, -0.1) is 11.3 Å². The van der Waals surface area contributed by atoms with Crippen molar-refractivity contribution in [2.24, 2.45) is 7.05 Å². The zero-order chi connectivity index (χ0) is 24.4. The molecule has 9 nitrogen and oxygen atoms in total. The van der Waals surface area contributed by atoms with Gasteiger partial charge in [0.05, 0.1) is 0 Å². The summed E-state index contributed by atoms with van der Waals surface area (Å²) < 4.78 is 14.0. The van der Waals surface area contributed by atoms with Crippen molar-refractivity contribution in [1.29, 1.82) is 0 Å². The first-order chi connectivity index (χ1) is 17.0. The number of imidazole rings is 1. The maximum Gasteiger partial charge on any atom is 0.263 e. The highest BCUT2D eigenvalue weighted by molar-refractivity contribution is 7.13. The number of benzene rings is 2. The van der Waals surface area contributed by atoms with Crippen LogP contribution >= 0.6 is 11.3 Å². The smallest absolute Gasteiger partial charge is 0.263 e. The van der Waals surface area contributed by atoms with Crippen LogP contribution in [0, 0.1) is 0 Å². The fraction of sp³-hybridized carbons (Fsp3) is 0.200. The molecule has 0 bridgehead atoms. The van der Waals surface area contributed by atoms with Gasteiger partial charge in [-0.3, -0.25) is 14.9 Å². The standard InChI is InChI=1S/C25H23N5O4S/c1-29-11-8-26-22(29)16-3-5-18(6-4-16)33-19-13-17(23(31)28-25-27-9-12-35-25)14-20(15-19)34-21-7-10-30(2)24(21)32/h3-6,8-9,11-15,21H,7,10H2,1-2H3,(H,27,28,31). The van der Waals surface area contributed by atoms with Gasteiger partial charge in [0.1, 0.15) is 23.1 Å². The second-order valence-electron chi connectivity index (χ2n) is 8.13. The van der Waals surface area contributed by atoms with Crippen LogP contribution in [0.3, 0.4) is 0 Å². The molecule has 35 heavy (non-hydrogen) atoms. The van der Waals surface area contributed by atoms with Crippen molar-refractivity contribution < 1.29 is 19.1 Å². The van der Waals surface area contributed by atoms with E-state index in [1.807, 2.05) is 42.1 Å². The first-order valence-electron chi connectivity index (χ1n) is 11.0. The SMILES string of the molecule is CN1CCC(Oc2cc(Oc3ccc(-c4nccn4C)cc3)cc(C(=O)Nc3nccs3)c2)C1=O. The van der Waals surface area contributed by atoms with Gasteiger partial charge in [0.15, 0.2) is 11.2 Å². The molecule has 10 heteroatoms. The molecule has 178 valence electrons. The van der Waals surface area contributed by atoms with E-state index in [1.54, 1.807) is 47.9 Å². The van der Waals surface area contributed by atoms with E-state index < -0.39 is 6.10 Å². The molecular weight excluding hydrogens is 466 g/mol. The lowest BCUT2D eigenvalue weighted by Crippen LogP contribution is -2.29. The van der Waals surface area contributed by atoms with Gasteiger partial charge in [-0.25, -0.2) is 9.97 Å². The Labute approximate surface area is 206 Å². The molecule has 0 saturated carbocycles. The summed E-state index contributed by atoms with van der Waals surface area (Å²) in [7, 11) is 3.68. The normalized spacial score (nSPS) is 15.3. The predicted molar refractivity (Wildman–Crippen MR) is 132 cm³/mol. The largest absolute Gasteiger partial charge is 0.480 e. The summed E-state index contributed by atoms with van der Waals surface area (Å²) in [6.07, 6.45) is 5.23. The highest BCUT2D eigenvalue weighted by atomic mass is 32.1. The number of ether oxygens (including phenoxy) is 2. The molecule has 5 rings (SSSR count). The van der Waals surface area contributed by atoms with Crippen LogP contribution in [0.25, 0.3) is 11.4 Å². The molecule has 1 saturated heterocycles. The number of hydrogen-bond acceptors (Lipinski definition) is 7. The molecule has 1 fully saturated rings. The van der Waals surface area contributed by atoms with Gasteiger partial charge >= 0.3 is 0 Å². The van der Waals surface area contributed by atoms with E-state index in [2.05, 4.69) is 15.3 Å². The van der Waals surface area contributed by atoms with Gasteiger partial charge in [-0.05, 0) is 36.4 Å². The maximum atomic E-state index is 12.9. The number of likely N-dealkylation sites (tertiary alicyclic amines) is 1. The Bertz CT molecular complexity index is 1350. The summed E-state index contributed by atoms with van der Waals surface area (Å²) in [6, 6.07) is 12.4. The van der Waals surface area contributed by atoms with E-state index in [0.29, 0.717) is 40.9 Å². The van der Waals surface area contributed by atoms with E-state index in [0.717, 1.165) is 11.4 Å². The Morgan fingerprint density at radius 1 is 1.06 bits per heavy atom. The Morgan fingerprint density at radius 2 is 1.86 bits per heavy atom. The van der Waals surface area contributed by atoms with Crippen LogP contribution in [-0.2, 0) is 11.8 Å². The van der Waals surface area contributed by atoms with Crippen LogP contribution in [-0.4, -0.2) is 50.9 Å². The van der Waals surface area contributed by atoms with Crippen molar-refractivity contribution in [3.63, 3.8) is 0 Å². The molecule has 1 atom stereocenters. The molecule has 0 spiro atoms. The van der Waals surface area contributed by atoms with Crippen molar-refractivity contribution >= 4 is 28.3 Å². The van der Waals surface area contributed by atoms with Gasteiger partial charge in [0.25, 0.3) is 11.8 Å². The van der Waals surface area contributed by atoms with Crippen molar-refractivity contribution in [3.05, 3.63) is 72.0 Å². The number of anilines is 1. The third-order valence-electron chi connectivity index (χ3n) is 5.62. The molecule has 2 aromatic heterocycles. The molecule has 1 N–H and O–H groups in total. The Balaban J connectivity index is 1.40. The van der Waals surface area contributed by atoms with Crippen molar-refractivity contribution in [3.8, 4) is 28.6 Å². The van der Waals surface area contributed by atoms with Gasteiger partial charge in [-0.1, -0.05) is 0 Å². The monoisotopic (exact) mass is 489 g/mol. The lowest BCUT2D eigenvalue weighted by molar-refractivity contribution is -0.132. The second-order valence-corrected chi connectivity index (χ2v) is 9.02. The zero-order valence-corrected chi connectivity index (χ0v) is 20.0. The number of hydrogen-bond donors (Lipinski definition) is 1. The van der Waals surface area contributed by atoms with Gasteiger partial charge in [-0.2, -0.15) is 0 Å². The minimum absolute atomic E-state index is 0.0880. The number of thiazole rings is 1. The third kappa shape index (κ3) is 5.02. The minimum atomic E-state index is -0.595. The number of aryl methyl sites for hydroxylation is 1. The Morgan fingerprint density at radius 3 is 2.51 bits per heavy atom. The minimum Gasteiger partial charge on any atom is -0.480 e. The fourth-order valence-electron chi connectivity index (χ4n) is 3.80. The number of rotatable bonds is 7. The predicted octanol–water partition coefficient (Wildman–Crippen LogP) is 4.20. The van der Waals surface area contributed by atoms with Gasteiger partial charge in [0.2, 0.25) is 0 Å².